The average molecular weight is 301 g/mol. The zero-order valence-corrected chi connectivity index (χ0v) is 12.3. The first-order valence-corrected chi connectivity index (χ1v) is 7.58. The lowest BCUT2D eigenvalue weighted by Crippen LogP contribution is -2.35. The Balaban J connectivity index is 1.72. The third-order valence-electron chi connectivity index (χ3n) is 4.08. The fraction of sp³-hybridized carbons (Fsp3) is 0.438. The molecule has 0 radical (unpaired) electrons. The van der Waals surface area contributed by atoms with Crippen LogP contribution in [0.4, 0.5) is 0 Å². The Kier molecular flexibility index (Phi) is 4.48. The van der Waals surface area contributed by atoms with Gasteiger partial charge in [0.05, 0.1) is 0 Å². The molecule has 1 atom stereocenters. The summed E-state index contributed by atoms with van der Waals surface area (Å²) in [7, 11) is 0. The van der Waals surface area contributed by atoms with Crippen molar-refractivity contribution in [1.29, 1.82) is 0 Å². The van der Waals surface area contributed by atoms with Crippen LogP contribution in [0.2, 0.25) is 0 Å². The number of hydrogen-bond acceptors (Lipinski definition) is 5. The van der Waals surface area contributed by atoms with Crippen LogP contribution in [-0.2, 0) is 0 Å². The maximum absolute atomic E-state index is 12.6. The van der Waals surface area contributed by atoms with Gasteiger partial charge in [0.25, 0.3) is 5.91 Å². The molecule has 1 aromatic heterocycles. The largest absolute Gasteiger partial charge is 0.396 e. The predicted octanol–water partition coefficient (Wildman–Crippen LogP) is 2.11. The van der Waals surface area contributed by atoms with Gasteiger partial charge in [0.2, 0.25) is 12.2 Å². The lowest BCUT2D eigenvalue weighted by atomic mass is 10.1. The minimum Gasteiger partial charge on any atom is -0.396 e. The van der Waals surface area contributed by atoms with Crippen LogP contribution in [0.25, 0.3) is 11.4 Å². The molecule has 116 valence electrons. The first kappa shape index (κ1) is 14.7. The smallest absolute Gasteiger partial charge is 0.254 e. The number of aromatic nitrogens is 2. The number of likely N-dealkylation sites (tertiary alicyclic amines) is 1. The number of aliphatic hydroxyl groups is 1. The SMILES string of the molecule is O=C(c1ccc(-c2ncon2)cc1)N1CCCC1CCCO. The van der Waals surface area contributed by atoms with Crippen LogP contribution in [0, 0.1) is 0 Å². The third kappa shape index (κ3) is 3.01. The van der Waals surface area contributed by atoms with E-state index in [0.29, 0.717) is 11.4 Å². The van der Waals surface area contributed by atoms with Crippen molar-refractivity contribution in [3.8, 4) is 11.4 Å². The molecule has 0 saturated carbocycles. The van der Waals surface area contributed by atoms with E-state index in [2.05, 4.69) is 10.1 Å². The van der Waals surface area contributed by atoms with Crippen molar-refractivity contribution in [2.24, 2.45) is 0 Å². The Hall–Kier alpha value is -2.21. The van der Waals surface area contributed by atoms with E-state index in [1.165, 1.54) is 6.39 Å². The lowest BCUT2D eigenvalue weighted by Gasteiger charge is -2.24. The van der Waals surface area contributed by atoms with E-state index >= 15 is 0 Å². The number of rotatable bonds is 5. The summed E-state index contributed by atoms with van der Waals surface area (Å²) in [6.07, 6.45) is 4.94. The van der Waals surface area contributed by atoms with Gasteiger partial charge in [0, 0.05) is 30.3 Å². The molecule has 0 aliphatic carbocycles. The summed E-state index contributed by atoms with van der Waals surface area (Å²) < 4.78 is 4.72. The van der Waals surface area contributed by atoms with E-state index in [4.69, 9.17) is 9.63 Å². The number of carbonyl (C=O) groups is 1. The van der Waals surface area contributed by atoms with Crippen LogP contribution in [-0.4, -0.2) is 45.2 Å². The number of benzene rings is 1. The van der Waals surface area contributed by atoms with Gasteiger partial charge >= 0.3 is 0 Å². The summed E-state index contributed by atoms with van der Waals surface area (Å²) in [4.78, 5) is 18.5. The van der Waals surface area contributed by atoms with E-state index in [1.807, 2.05) is 17.0 Å². The highest BCUT2D eigenvalue weighted by Gasteiger charge is 2.28. The Morgan fingerprint density at radius 1 is 1.36 bits per heavy atom. The summed E-state index contributed by atoms with van der Waals surface area (Å²) >= 11 is 0. The van der Waals surface area contributed by atoms with E-state index in [1.54, 1.807) is 12.1 Å². The highest BCUT2D eigenvalue weighted by atomic mass is 16.5. The van der Waals surface area contributed by atoms with Crippen molar-refractivity contribution < 1.29 is 14.4 Å². The molecule has 1 fully saturated rings. The number of amides is 1. The lowest BCUT2D eigenvalue weighted by molar-refractivity contribution is 0.0724. The molecule has 1 amide bonds. The zero-order valence-electron chi connectivity index (χ0n) is 12.3. The van der Waals surface area contributed by atoms with Crippen LogP contribution in [0.15, 0.2) is 35.2 Å². The second kappa shape index (κ2) is 6.70. The second-order valence-electron chi connectivity index (χ2n) is 5.49. The summed E-state index contributed by atoms with van der Waals surface area (Å²) in [5.74, 6) is 0.570. The maximum atomic E-state index is 12.6. The Morgan fingerprint density at radius 2 is 2.18 bits per heavy atom. The van der Waals surface area contributed by atoms with E-state index in [9.17, 15) is 4.79 Å². The van der Waals surface area contributed by atoms with Gasteiger partial charge in [-0.15, -0.1) is 0 Å². The van der Waals surface area contributed by atoms with Crippen molar-refractivity contribution in [2.45, 2.75) is 31.7 Å². The first-order valence-electron chi connectivity index (χ1n) is 7.58. The van der Waals surface area contributed by atoms with Crippen molar-refractivity contribution in [3.63, 3.8) is 0 Å². The standard InChI is InChI=1S/C16H19N3O3/c20-10-2-4-14-3-1-9-19(14)16(21)13-7-5-12(6-8-13)15-17-11-22-18-15/h5-8,11,14,20H,1-4,9-10H2. The van der Waals surface area contributed by atoms with Crippen LogP contribution >= 0.6 is 0 Å². The molecule has 2 aromatic rings. The van der Waals surface area contributed by atoms with Crippen molar-refractivity contribution in [3.05, 3.63) is 36.2 Å². The molecule has 1 aliphatic heterocycles. The molecule has 6 nitrogen and oxygen atoms in total. The van der Waals surface area contributed by atoms with Gasteiger partial charge < -0.3 is 14.5 Å². The number of hydrogen-bond donors (Lipinski definition) is 1. The molecule has 0 bridgehead atoms. The van der Waals surface area contributed by atoms with Crippen LogP contribution in [0.5, 0.6) is 0 Å². The Labute approximate surface area is 128 Å². The molecule has 22 heavy (non-hydrogen) atoms. The van der Waals surface area contributed by atoms with Gasteiger partial charge in [-0.05, 0) is 37.8 Å². The van der Waals surface area contributed by atoms with Gasteiger partial charge in [-0.3, -0.25) is 4.79 Å². The highest BCUT2D eigenvalue weighted by molar-refractivity contribution is 5.95. The molecule has 2 heterocycles. The number of aliphatic hydroxyl groups excluding tert-OH is 1. The summed E-state index contributed by atoms with van der Waals surface area (Å²) in [5, 5.41) is 12.7. The van der Waals surface area contributed by atoms with Gasteiger partial charge in [0.15, 0.2) is 0 Å². The highest BCUT2D eigenvalue weighted by Crippen LogP contribution is 2.24. The fourth-order valence-electron chi connectivity index (χ4n) is 2.96. The van der Waals surface area contributed by atoms with E-state index in [0.717, 1.165) is 37.8 Å². The minimum absolute atomic E-state index is 0.0556. The fourth-order valence-corrected chi connectivity index (χ4v) is 2.96. The van der Waals surface area contributed by atoms with Crippen LogP contribution in [0.1, 0.15) is 36.0 Å². The summed E-state index contributed by atoms with van der Waals surface area (Å²) in [6, 6.07) is 7.51. The van der Waals surface area contributed by atoms with Crippen molar-refractivity contribution in [2.75, 3.05) is 13.2 Å². The molecule has 1 unspecified atom stereocenters. The van der Waals surface area contributed by atoms with Crippen molar-refractivity contribution in [1.82, 2.24) is 15.0 Å². The first-order chi connectivity index (χ1) is 10.8. The molecular weight excluding hydrogens is 282 g/mol. The van der Waals surface area contributed by atoms with E-state index < -0.39 is 0 Å². The molecular formula is C16H19N3O3. The van der Waals surface area contributed by atoms with Gasteiger partial charge in [-0.2, -0.15) is 4.98 Å². The van der Waals surface area contributed by atoms with Crippen molar-refractivity contribution >= 4 is 5.91 Å². The van der Waals surface area contributed by atoms with E-state index in [-0.39, 0.29) is 18.6 Å². The second-order valence-corrected chi connectivity index (χ2v) is 5.49. The van der Waals surface area contributed by atoms with Gasteiger partial charge in [0.1, 0.15) is 0 Å². The molecule has 0 spiro atoms. The normalized spacial score (nSPS) is 17.9. The Bertz CT molecular complexity index is 610. The number of nitrogens with zero attached hydrogens (tertiary/aromatic N) is 3. The maximum Gasteiger partial charge on any atom is 0.254 e. The molecule has 1 saturated heterocycles. The van der Waals surface area contributed by atoms with Gasteiger partial charge in [-0.1, -0.05) is 17.3 Å². The topological polar surface area (TPSA) is 79.5 Å². The summed E-state index contributed by atoms with van der Waals surface area (Å²) in [5.41, 5.74) is 1.49. The van der Waals surface area contributed by atoms with Crippen LogP contribution < -0.4 is 0 Å². The average Bonchev–Trinajstić information content (AvgIpc) is 3.24. The predicted molar refractivity (Wildman–Crippen MR) is 80.1 cm³/mol. The third-order valence-corrected chi connectivity index (χ3v) is 4.08. The summed E-state index contributed by atoms with van der Waals surface area (Å²) in [6.45, 7) is 0.972. The molecule has 1 aromatic carbocycles. The quantitative estimate of drug-likeness (QED) is 0.915. The Morgan fingerprint density at radius 3 is 2.86 bits per heavy atom. The monoisotopic (exact) mass is 301 g/mol. The number of carbonyl (C=O) groups excluding carboxylic acids is 1. The molecule has 1 N–H and O–H groups in total. The molecule has 1 aliphatic rings. The molecule has 6 heteroatoms. The molecule has 3 rings (SSSR count). The van der Waals surface area contributed by atoms with Crippen LogP contribution in [0.3, 0.4) is 0 Å². The minimum atomic E-state index is 0.0556. The zero-order chi connectivity index (χ0) is 15.4. The van der Waals surface area contributed by atoms with Gasteiger partial charge in [-0.25, -0.2) is 0 Å².